The molecule has 0 amide bonds. The van der Waals surface area contributed by atoms with Crippen LogP contribution in [0.5, 0.6) is 0 Å². The fourth-order valence-electron chi connectivity index (χ4n) is 4.45. The van der Waals surface area contributed by atoms with Gasteiger partial charge in [-0.3, -0.25) is 9.97 Å². The fraction of sp³-hybridized carbons (Fsp3) is 0.0870. The van der Waals surface area contributed by atoms with Crippen molar-refractivity contribution >= 4 is 45.1 Å². The van der Waals surface area contributed by atoms with Crippen molar-refractivity contribution in [3.8, 4) is 0 Å². The SMILES string of the molecule is O=C1OCC2=C1C(c1cccc(Cl)c1)c1c(c3cccnc3c3ncccc13)N2. The number of fused-ring (bicyclic) bond motifs is 6. The molecule has 0 radical (unpaired) electrons. The summed E-state index contributed by atoms with van der Waals surface area (Å²) in [6.07, 6.45) is 3.54. The summed E-state index contributed by atoms with van der Waals surface area (Å²) in [5.41, 5.74) is 5.94. The molecule has 0 saturated heterocycles. The number of carbonyl (C=O) groups is 1. The third-order valence-electron chi connectivity index (χ3n) is 5.60. The molecule has 0 spiro atoms. The number of hydrogen-bond donors (Lipinski definition) is 1. The van der Waals surface area contributed by atoms with Crippen LogP contribution in [0, 0.1) is 0 Å². The van der Waals surface area contributed by atoms with Gasteiger partial charge in [-0.05, 0) is 41.5 Å². The molecule has 1 N–H and O–H groups in total. The highest BCUT2D eigenvalue weighted by atomic mass is 35.5. The van der Waals surface area contributed by atoms with E-state index in [0.29, 0.717) is 10.6 Å². The first-order valence-corrected chi connectivity index (χ1v) is 9.68. The Balaban J connectivity index is 1.79. The molecule has 6 heteroatoms. The minimum Gasteiger partial charge on any atom is -0.456 e. The molecule has 2 aliphatic rings. The largest absolute Gasteiger partial charge is 0.456 e. The van der Waals surface area contributed by atoms with Crippen molar-refractivity contribution in [1.29, 1.82) is 0 Å². The Bertz CT molecular complexity index is 1380. The molecule has 29 heavy (non-hydrogen) atoms. The zero-order valence-electron chi connectivity index (χ0n) is 15.1. The lowest BCUT2D eigenvalue weighted by molar-refractivity contribution is -0.136. The molecule has 1 unspecified atom stereocenters. The van der Waals surface area contributed by atoms with Crippen LogP contribution in [0.4, 0.5) is 5.69 Å². The van der Waals surface area contributed by atoms with Crippen LogP contribution in [0.25, 0.3) is 21.8 Å². The van der Waals surface area contributed by atoms with Crippen molar-refractivity contribution in [1.82, 2.24) is 9.97 Å². The molecule has 2 aromatic heterocycles. The second kappa shape index (κ2) is 6.03. The van der Waals surface area contributed by atoms with E-state index in [4.69, 9.17) is 16.3 Å². The number of pyridine rings is 2. The molecule has 5 nitrogen and oxygen atoms in total. The van der Waals surface area contributed by atoms with Crippen LogP contribution in [0.3, 0.4) is 0 Å². The standard InChI is InChI=1S/C23H14ClN3O2/c24-13-5-1-4-12(10-13)17-18-14-6-2-8-25-21(14)22-15(7-3-9-26-22)20(18)27-16-11-29-23(28)19(16)17/h1-10,17,27H,11H2. The Morgan fingerprint density at radius 3 is 2.55 bits per heavy atom. The number of hydrogen-bond acceptors (Lipinski definition) is 5. The molecule has 0 bridgehead atoms. The van der Waals surface area contributed by atoms with E-state index < -0.39 is 0 Å². The van der Waals surface area contributed by atoms with Gasteiger partial charge in [-0.25, -0.2) is 4.79 Å². The van der Waals surface area contributed by atoms with Crippen molar-refractivity contribution in [3.05, 3.63) is 88.3 Å². The van der Waals surface area contributed by atoms with Gasteiger partial charge in [-0.2, -0.15) is 0 Å². The van der Waals surface area contributed by atoms with Crippen molar-refractivity contribution in [2.45, 2.75) is 5.92 Å². The molecular weight excluding hydrogens is 386 g/mol. The summed E-state index contributed by atoms with van der Waals surface area (Å²) in [5, 5.41) is 6.02. The predicted octanol–water partition coefficient (Wildman–Crippen LogP) is 4.80. The van der Waals surface area contributed by atoms with Crippen molar-refractivity contribution in [2.24, 2.45) is 0 Å². The van der Waals surface area contributed by atoms with Crippen molar-refractivity contribution in [3.63, 3.8) is 0 Å². The van der Waals surface area contributed by atoms with E-state index in [1.807, 2.05) is 48.5 Å². The van der Waals surface area contributed by atoms with Gasteiger partial charge < -0.3 is 10.1 Å². The van der Waals surface area contributed by atoms with Gasteiger partial charge in [0.05, 0.1) is 28.0 Å². The number of cyclic esters (lactones) is 1. The second-order valence-electron chi connectivity index (χ2n) is 7.17. The first kappa shape index (κ1) is 16.5. The molecule has 140 valence electrons. The van der Waals surface area contributed by atoms with E-state index in [-0.39, 0.29) is 18.5 Å². The molecule has 6 rings (SSSR count). The second-order valence-corrected chi connectivity index (χ2v) is 7.61. The Hall–Kier alpha value is -3.44. The highest BCUT2D eigenvalue weighted by Crippen LogP contribution is 2.49. The maximum Gasteiger partial charge on any atom is 0.337 e. The molecule has 0 aliphatic carbocycles. The number of benzene rings is 2. The molecule has 0 saturated carbocycles. The first-order chi connectivity index (χ1) is 14.2. The smallest absolute Gasteiger partial charge is 0.337 e. The number of ether oxygens (including phenoxy) is 1. The number of nitrogens with zero attached hydrogens (tertiary/aromatic N) is 2. The Morgan fingerprint density at radius 2 is 1.76 bits per heavy atom. The highest BCUT2D eigenvalue weighted by Gasteiger charge is 2.40. The molecule has 2 aromatic carbocycles. The van der Waals surface area contributed by atoms with E-state index in [9.17, 15) is 4.79 Å². The molecule has 4 heterocycles. The van der Waals surface area contributed by atoms with Crippen LogP contribution in [-0.2, 0) is 9.53 Å². The quantitative estimate of drug-likeness (QED) is 0.368. The van der Waals surface area contributed by atoms with Gasteiger partial charge in [0.25, 0.3) is 0 Å². The van der Waals surface area contributed by atoms with Crippen LogP contribution < -0.4 is 5.32 Å². The van der Waals surface area contributed by atoms with Gasteiger partial charge in [0.15, 0.2) is 0 Å². The average molecular weight is 400 g/mol. The summed E-state index contributed by atoms with van der Waals surface area (Å²) < 4.78 is 5.40. The maximum atomic E-state index is 12.7. The van der Waals surface area contributed by atoms with Gasteiger partial charge in [0.2, 0.25) is 0 Å². The number of carbonyl (C=O) groups excluding carboxylic acids is 1. The van der Waals surface area contributed by atoms with Gasteiger partial charge in [0.1, 0.15) is 6.61 Å². The van der Waals surface area contributed by atoms with Crippen LogP contribution in [0.15, 0.2) is 72.2 Å². The van der Waals surface area contributed by atoms with Crippen molar-refractivity contribution in [2.75, 3.05) is 11.9 Å². The first-order valence-electron chi connectivity index (χ1n) is 9.30. The van der Waals surface area contributed by atoms with E-state index in [1.54, 1.807) is 12.4 Å². The third kappa shape index (κ3) is 2.31. The Labute approximate surface area is 171 Å². The van der Waals surface area contributed by atoms with Crippen LogP contribution in [-0.4, -0.2) is 22.5 Å². The topological polar surface area (TPSA) is 64.1 Å². The minimum absolute atomic E-state index is 0.234. The number of rotatable bonds is 1. The molecule has 1 atom stereocenters. The summed E-state index contributed by atoms with van der Waals surface area (Å²) in [7, 11) is 0. The van der Waals surface area contributed by atoms with Crippen LogP contribution in [0.1, 0.15) is 17.0 Å². The van der Waals surface area contributed by atoms with E-state index in [1.165, 1.54) is 0 Å². The van der Waals surface area contributed by atoms with E-state index in [2.05, 4.69) is 15.3 Å². The third-order valence-corrected chi connectivity index (χ3v) is 5.83. The normalized spacial score (nSPS) is 17.8. The lowest BCUT2D eigenvalue weighted by atomic mass is 9.78. The number of halogens is 1. The van der Waals surface area contributed by atoms with Gasteiger partial charge in [0, 0.05) is 34.1 Å². The zero-order chi connectivity index (χ0) is 19.5. The molecule has 4 aromatic rings. The average Bonchev–Trinajstić information content (AvgIpc) is 3.13. The lowest BCUT2D eigenvalue weighted by Crippen LogP contribution is -2.20. The molecular formula is C23H14ClN3O2. The van der Waals surface area contributed by atoms with E-state index in [0.717, 1.165) is 44.3 Å². The predicted molar refractivity (Wildman–Crippen MR) is 112 cm³/mol. The monoisotopic (exact) mass is 399 g/mol. The molecule has 2 aliphatic heterocycles. The lowest BCUT2D eigenvalue weighted by Gasteiger charge is -2.29. The number of anilines is 1. The molecule has 0 fully saturated rings. The van der Waals surface area contributed by atoms with Gasteiger partial charge in [-0.1, -0.05) is 29.8 Å². The maximum absolute atomic E-state index is 12.7. The zero-order valence-corrected chi connectivity index (χ0v) is 15.9. The Kier molecular flexibility index (Phi) is 3.43. The minimum atomic E-state index is -0.300. The van der Waals surface area contributed by atoms with Gasteiger partial charge >= 0.3 is 5.97 Å². The van der Waals surface area contributed by atoms with Crippen molar-refractivity contribution < 1.29 is 9.53 Å². The summed E-state index contributed by atoms with van der Waals surface area (Å²) in [5.74, 6) is -0.599. The fourth-order valence-corrected chi connectivity index (χ4v) is 4.65. The number of esters is 1. The van der Waals surface area contributed by atoms with Crippen LogP contribution >= 0.6 is 11.6 Å². The summed E-state index contributed by atoms with van der Waals surface area (Å²) >= 11 is 6.31. The summed E-state index contributed by atoms with van der Waals surface area (Å²) in [6, 6.07) is 15.5. The number of aromatic nitrogens is 2. The van der Waals surface area contributed by atoms with E-state index >= 15 is 0 Å². The summed E-state index contributed by atoms with van der Waals surface area (Å²) in [4.78, 5) is 21.9. The highest BCUT2D eigenvalue weighted by molar-refractivity contribution is 6.30. The van der Waals surface area contributed by atoms with Crippen LogP contribution in [0.2, 0.25) is 5.02 Å². The van der Waals surface area contributed by atoms with Gasteiger partial charge in [-0.15, -0.1) is 0 Å². The summed E-state index contributed by atoms with van der Waals surface area (Å²) in [6.45, 7) is 0.234. The number of nitrogens with one attached hydrogen (secondary N) is 1. The Morgan fingerprint density at radius 1 is 1.00 bits per heavy atom.